The van der Waals surface area contributed by atoms with Gasteiger partial charge in [-0.15, -0.1) is 11.3 Å². The third-order valence-electron chi connectivity index (χ3n) is 2.62. The van der Waals surface area contributed by atoms with Gasteiger partial charge < -0.3 is 10.1 Å². The predicted molar refractivity (Wildman–Crippen MR) is 76.5 cm³/mol. The number of thiazole rings is 1. The van der Waals surface area contributed by atoms with Gasteiger partial charge in [-0.3, -0.25) is 10.1 Å². The fourth-order valence-corrected chi connectivity index (χ4v) is 2.21. The van der Waals surface area contributed by atoms with E-state index in [0.29, 0.717) is 13.0 Å². The highest BCUT2D eigenvalue weighted by molar-refractivity contribution is 7.07. The predicted octanol–water partition coefficient (Wildman–Crippen LogP) is 1.89. The monoisotopic (exact) mass is 308 g/mol. The molecule has 0 aromatic carbocycles. The molecule has 2 rings (SSSR count). The maximum atomic E-state index is 11.4. The Morgan fingerprint density at radius 1 is 1.52 bits per heavy atom. The number of aromatic nitrogens is 2. The average Bonchev–Trinajstić information content (AvgIpc) is 2.99. The summed E-state index contributed by atoms with van der Waals surface area (Å²) in [7, 11) is 1.22. The summed E-state index contributed by atoms with van der Waals surface area (Å²) in [6.45, 7) is 0.419. The first-order valence-corrected chi connectivity index (χ1v) is 6.90. The normalized spacial score (nSPS) is 10.1. The summed E-state index contributed by atoms with van der Waals surface area (Å²) >= 11 is 1.48. The van der Waals surface area contributed by atoms with Crippen LogP contribution in [-0.2, 0) is 11.2 Å². The number of pyridine rings is 1. The molecule has 0 unspecified atom stereocenters. The van der Waals surface area contributed by atoms with Gasteiger partial charge in [0.25, 0.3) is 0 Å². The van der Waals surface area contributed by atoms with Crippen LogP contribution in [0.25, 0.3) is 0 Å². The summed E-state index contributed by atoms with van der Waals surface area (Å²) in [5, 5.41) is 15.7. The molecule has 0 aliphatic carbocycles. The van der Waals surface area contributed by atoms with E-state index >= 15 is 0 Å². The van der Waals surface area contributed by atoms with Crippen molar-refractivity contribution in [1.82, 2.24) is 9.97 Å². The smallest absolute Gasteiger partial charge is 0.356 e. The van der Waals surface area contributed by atoms with Crippen LogP contribution >= 0.6 is 11.3 Å². The molecule has 0 atom stereocenters. The molecule has 110 valence electrons. The quantitative estimate of drug-likeness (QED) is 0.493. The standard InChI is InChI=1S/C12H12N4O4S/c1-20-12(17)9-2-3-10(16(18)19)11(15-9)13-5-4-8-6-21-7-14-8/h2-3,6-7H,4-5H2,1H3,(H,13,15). The van der Waals surface area contributed by atoms with Gasteiger partial charge in [-0.25, -0.2) is 14.8 Å². The maximum absolute atomic E-state index is 11.4. The number of carbonyl (C=O) groups excluding carboxylic acids is 1. The molecule has 0 aliphatic rings. The minimum atomic E-state index is -0.646. The maximum Gasteiger partial charge on any atom is 0.356 e. The van der Waals surface area contributed by atoms with Gasteiger partial charge in [-0.05, 0) is 6.07 Å². The number of hydrogen-bond donors (Lipinski definition) is 1. The lowest BCUT2D eigenvalue weighted by Gasteiger charge is -2.06. The van der Waals surface area contributed by atoms with Gasteiger partial charge in [0.1, 0.15) is 0 Å². The average molecular weight is 308 g/mol. The third-order valence-corrected chi connectivity index (χ3v) is 3.26. The van der Waals surface area contributed by atoms with Gasteiger partial charge in [0.15, 0.2) is 5.69 Å². The van der Waals surface area contributed by atoms with E-state index in [0.717, 1.165) is 5.69 Å². The summed E-state index contributed by atoms with van der Waals surface area (Å²) in [5.74, 6) is -0.606. The van der Waals surface area contributed by atoms with Gasteiger partial charge in [0.2, 0.25) is 5.82 Å². The van der Waals surface area contributed by atoms with Crippen molar-refractivity contribution < 1.29 is 14.5 Å². The molecule has 1 N–H and O–H groups in total. The van der Waals surface area contributed by atoms with Crippen LogP contribution in [0.1, 0.15) is 16.2 Å². The molecule has 0 saturated heterocycles. The van der Waals surface area contributed by atoms with E-state index in [9.17, 15) is 14.9 Å². The van der Waals surface area contributed by atoms with Gasteiger partial charge in [-0.1, -0.05) is 0 Å². The van der Waals surface area contributed by atoms with E-state index in [4.69, 9.17) is 0 Å². The summed E-state index contributed by atoms with van der Waals surface area (Å²) < 4.78 is 4.55. The topological polar surface area (TPSA) is 107 Å². The molecular formula is C12H12N4O4S. The van der Waals surface area contributed by atoms with Crippen molar-refractivity contribution in [2.45, 2.75) is 6.42 Å². The Kier molecular flexibility index (Phi) is 4.77. The molecular weight excluding hydrogens is 296 g/mol. The number of nitrogens with one attached hydrogen (secondary N) is 1. The fraction of sp³-hybridized carbons (Fsp3) is 0.250. The third kappa shape index (κ3) is 3.72. The van der Waals surface area contributed by atoms with E-state index < -0.39 is 10.9 Å². The lowest BCUT2D eigenvalue weighted by molar-refractivity contribution is -0.384. The Morgan fingerprint density at radius 3 is 2.95 bits per heavy atom. The Balaban J connectivity index is 2.14. The fourth-order valence-electron chi connectivity index (χ4n) is 1.62. The van der Waals surface area contributed by atoms with Crippen LogP contribution in [-0.4, -0.2) is 34.5 Å². The molecule has 0 saturated carbocycles. The minimum absolute atomic E-state index is 0.0132. The van der Waals surface area contributed by atoms with E-state index in [1.807, 2.05) is 5.38 Å². The van der Waals surface area contributed by atoms with Gasteiger partial charge in [0, 0.05) is 24.4 Å². The number of anilines is 1. The zero-order valence-corrected chi connectivity index (χ0v) is 11.9. The minimum Gasteiger partial charge on any atom is -0.464 e. The summed E-state index contributed by atoms with van der Waals surface area (Å²) in [4.78, 5) is 29.9. The van der Waals surface area contributed by atoms with E-state index in [1.165, 1.54) is 30.6 Å². The molecule has 9 heteroatoms. The number of nitrogens with zero attached hydrogens (tertiary/aromatic N) is 3. The van der Waals surface area contributed by atoms with Crippen LogP contribution in [0.15, 0.2) is 23.0 Å². The number of nitro groups is 1. The van der Waals surface area contributed by atoms with Crippen molar-refractivity contribution in [3.63, 3.8) is 0 Å². The van der Waals surface area contributed by atoms with Gasteiger partial charge in [0.05, 0.1) is 23.2 Å². The highest BCUT2D eigenvalue weighted by Crippen LogP contribution is 2.22. The number of rotatable bonds is 6. The van der Waals surface area contributed by atoms with Gasteiger partial charge >= 0.3 is 11.7 Å². The highest BCUT2D eigenvalue weighted by Gasteiger charge is 2.18. The molecule has 0 aliphatic heterocycles. The van der Waals surface area contributed by atoms with E-state index in [1.54, 1.807) is 5.51 Å². The van der Waals surface area contributed by atoms with Crippen molar-refractivity contribution in [3.05, 3.63) is 44.5 Å². The van der Waals surface area contributed by atoms with Crippen molar-refractivity contribution >= 4 is 28.8 Å². The second-order valence-electron chi connectivity index (χ2n) is 3.97. The van der Waals surface area contributed by atoms with Crippen LogP contribution in [0, 0.1) is 10.1 Å². The Bertz CT molecular complexity index is 645. The zero-order chi connectivity index (χ0) is 15.2. The van der Waals surface area contributed by atoms with Crippen molar-refractivity contribution in [1.29, 1.82) is 0 Å². The molecule has 8 nitrogen and oxygen atoms in total. The number of esters is 1. The van der Waals surface area contributed by atoms with E-state index in [2.05, 4.69) is 20.0 Å². The number of ether oxygens (including phenoxy) is 1. The number of methoxy groups -OCH3 is 1. The zero-order valence-electron chi connectivity index (χ0n) is 11.1. The molecule has 0 spiro atoms. The number of carbonyl (C=O) groups is 1. The van der Waals surface area contributed by atoms with Crippen LogP contribution < -0.4 is 5.32 Å². The second-order valence-corrected chi connectivity index (χ2v) is 4.69. The SMILES string of the molecule is COC(=O)c1ccc([N+](=O)[O-])c(NCCc2cscn2)n1. The van der Waals surface area contributed by atoms with Crippen LogP contribution in [0.4, 0.5) is 11.5 Å². The van der Waals surface area contributed by atoms with Crippen molar-refractivity contribution in [2.24, 2.45) is 0 Å². The Labute approximate surface area is 124 Å². The van der Waals surface area contributed by atoms with Crippen LogP contribution in [0.2, 0.25) is 0 Å². The first-order valence-electron chi connectivity index (χ1n) is 5.96. The van der Waals surface area contributed by atoms with Crippen LogP contribution in [0.5, 0.6) is 0 Å². The Morgan fingerprint density at radius 2 is 2.33 bits per heavy atom. The van der Waals surface area contributed by atoms with Crippen molar-refractivity contribution in [3.8, 4) is 0 Å². The van der Waals surface area contributed by atoms with Gasteiger partial charge in [-0.2, -0.15) is 0 Å². The lowest BCUT2D eigenvalue weighted by Crippen LogP contribution is -2.12. The molecule has 0 amide bonds. The van der Waals surface area contributed by atoms with Crippen molar-refractivity contribution in [2.75, 3.05) is 19.0 Å². The number of hydrogen-bond acceptors (Lipinski definition) is 8. The van der Waals surface area contributed by atoms with E-state index in [-0.39, 0.29) is 17.2 Å². The summed E-state index contributed by atoms with van der Waals surface area (Å²) in [5.41, 5.74) is 2.42. The summed E-state index contributed by atoms with van der Waals surface area (Å²) in [6.07, 6.45) is 0.602. The molecule has 2 aromatic rings. The Hall–Kier alpha value is -2.55. The molecule has 21 heavy (non-hydrogen) atoms. The molecule has 0 bridgehead atoms. The lowest BCUT2D eigenvalue weighted by atomic mass is 10.3. The van der Waals surface area contributed by atoms with Crippen LogP contribution in [0.3, 0.4) is 0 Å². The highest BCUT2D eigenvalue weighted by atomic mass is 32.1. The molecule has 2 aromatic heterocycles. The first kappa shape index (κ1) is 14.9. The molecule has 0 radical (unpaired) electrons. The molecule has 2 heterocycles. The summed E-state index contributed by atoms with van der Waals surface area (Å²) in [6, 6.07) is 2.49. The first-order chi connectivity index (χ1) is 10.1. The second kappa shape index (κ2) is 6.75. The molecule has 0 fully saturated rings. The largest absolute Gasteiger partial charge is 0.464 e.